The molecule has 2 aromatic rings. The molecule has 13 heteroatoms. The largest absolute Gasteiger partial charge is 0.382 e. The first kappa shape index (κ1) is 30.2. The maximum Gasteiger partial charge on any atom is 0.335 e. The van der Waals surface area contributed by atoms with Crippen molar-refractivity contribution < 1.29 is 41.8 Å². The van der Waals surface area contributed by atoms with Crippen molar-refractivity contribution >= 4 is 25.4 Å². The van der Waals surface area contributed by atoms with Crippen molar-refractivity contribution in [2.75, 3.05) is 18.6 Å². The highest BCUT2D eigenvalue weighted by Crippen LogP contribution is 2.46. The fraction of sp³-hybridized carbons (Fsp3) is 0.400. The monoisotopic (exact) mass is 576 g/mol. The number of thioether (sulfide) groups is 1. The Bertz CT molecular complexity index is 1140. The van der Waals surface area contributed by atoms with Crippen molar-refractivity contribution in [3.8, 4) is 0 Å². The molecular formula is C25H29F4N2O5PS. The molecule has 0 spiro atoms. The molecule has 0 bridgehead atoms. The number of carbonyl (C=O) groups is 1. The third-order valence-corrected chi connectivity index (χ3v) is 8.38. The summed E-state index contributed by atoms with van der Waals surface area (Å²) in [6.07, 6.45) is -0.928. The first-order chi connectivity index (χ1) is 17.8. The van der Waals surface area contributed by atoms with E-state index in [1.165, 1.54) is 40.1 Å². The number of hydrogen-bond acceptors (Lipinski definition) is 4. The number of nitrogens with zero attached hydrogens (tertiary/aromatic N) is 2. The smallest absolute Gasteiger partial charge is 0.335 e. The molecular weight excluding hydrogens is 547 g/mol. The van der Waals surface area contributed by atoms with Crippen molar-refractivity contribution in [1.82, 2.24) is 9.80 Å². The minimum Gasteiger partial charge on any atom is -0.382 e. The van der Waals surface area contributed by atoms with Gasteiger partial charge >= 0.3 is 19.5 Å². The number of urea groups is 1. The van der Waals surface area contributed by atoms with Gasteiger partial charge in [0.25, 0.3) is 5.25 Å². The third kappa shape index (κ3) is 8.57. The van der Waals surface area contributed by atoms with Gasteiger partial charge in [-0.2, -0.15) is 17.6 Å². The van der Waals surface area contributed by atoms with E-state index in [1.54, 1.807) is 18.2 Å². The van der Waals surface area contributed by atoms with Gasteiger partial charge < -0.3 is 24.7 Å². The standard InChI is InChI=1S/C25H29F4N2O5PS/c26-24(27,38-18-37(34,35)36)14-7-15-31-21(17-30(23(31)33)16-19-8-3-1-4-9-19)12-13-22(32)25(28,29)20-10-5-2-6-11-20/h1-6,8-13,21-22,32H,7,14-18H2,(H2,34,35,36)/b13-12+/t21-,22?/m0/s1. The Morgan fingerprint density at radius 2 is 1.66 bits per heavy atom. The van der Waals surface area contributed by atoms with Gasteiger partial charge in [-0.15, -0.1) is 0 Å². The average molecular weight is 577 g/mol. The molecule has 2 amide bonds. The molecule has 208 valence electrons. The molecule has 1 heterocycles. The Kier molecular flexibility index (Phi) is 10.0. The van der Waals surface area contributed by atoms with Crippen LogP contribution in [-0.4, -0.2) is 66.7 Å². The first-order valence-corrected chi connectivity index (χ1v) is 14.5. The number of benzene rings is 2. The lowest BCUT2D eigenvalue weighted by Crippen LogP contribution is -2.36. The highest BCUT2D eigenvalue weighted by Gasteiger charge is 2.41. The van der Waals surface area contributed by atoms with Gasteiger partial charge in [-0.25, -0.2) is 4.79 Å². The summed E-state index contributed by atoms with van der Waals surface area (Å²) >= 11 is -0.154. The second-order valence-electron chi connectivity index (χ2n) is 8.91. The zero-order valence-electron chi connectivity index (χ0n) is 20.2. The molecule has 0 saturated carbocycles. The van der Waals surface area contributed by atoms with Crippen LogP contribution in [0.4, 0.5) is 22.4 Å². The summed E-state index contributed by atoms with van der Waals surface area (Å²) in [5.74, 6) is -3.59. The number of carbonyl (C=O) groups excluding carboxylic acids is 1. The van der Waals surface area contributed by atoms with E-state index in [-0.39, 0.29) is 43.4 Å². The fourth-order valence-electron chi connectivity index (χ4n) is 3.98. The summed E-state index contributed by atoms with van der Waals surface area (Å²) in [5.41, 5.74) is -0.592. The van der Waals surface area contributed by atoms with Gasteiger partial charge in [0, 0.05) is 31.6 Å². The first-order valence-electron chi connectivity index (χ1n) is 11.7. The summed E-state index contributed by atoms with van der Waals surface area (Å²) in [6.45, 7) is 0.172. The Hall–Kier alpha value is -2.37. The summed E-state index contributed by atoms with van der Waals surface area (Å²) in [6, 6.07) is 14.6. The number of rotatable bonds is 13. The molecule has 2 atom stereocenters. The van der Waals surface area contributed by atoms with Crippen molar-refractivity contribution in [2.45, 2.75) is 42.7 Å². The van der Waals surface area contributed by atoms with E-state index in [4.69, 9.17) is 9.79 Å². The minimum absolute atomic E-state index is 0.0944. The summed E-state index contributed by atoms with van der Waals surface area (Å²) in [7, 11) is -4.61. The lowest BCUT2D eigenvalue weighted by molar-refractivity contribution is -0.0929. The molecule has 0 aliphatic carbocycles. The SMILES string of the molecule is O=C1N(Cc2ccccc2)C[C@H](/C=C/C(O)C(F)(F)c2ccccc2)N1CCCC(F)(F)SCP(=O)(O)O. The molecule has 0 aromatic heterocycles. The summed E-state index contributed by atoms with van der Waals surface area (Å²) < 4.78 is 68.6. The molecule has 2 aromatic carbocycles. The van der Waals surface area contributed by atoms with Crippen LogP contribution in [0.2, 0.25) is 0 Å². The van der Waals surface area contributed by atoms with Gasteiger partial charge in [0.1, 0.15) is 11.6 Å². The Labute approximate surface area is 222 Å². The van der Waals surface area contributed by atoms with Crippen LogP contribution in [0.1, 0.15) is 24.0 Å². The van der Waals surface area contributed by atoms with Gasteiger partial charge in [-0.3, -0.25) is 4.57 Å². The minimum atomic E-state index is -4.61. The topological polar surface area (TPSA) is 101 Å². The molecule has 1 aliphatic rings. The van der Waals surface area contributed by atoms with E-state index in [1.807, 2.05) is 18.2 Å². The molecule has 3 N–H and O–H groups in total. The van der Waals surface area contributed by atoms with E-state index >= 15 is 0 Å². The molecule has 1 unspecified atom stereocenters. The van der Waals surface area contributed by atoms with Gasteiger partial charge in [0.2, 0.25) is 0 Å². The highest BCUT2D eigenvalue weighted by molar-refractivity contribution is 8.05. The van der Waals surface area contributed by atoms with Crippen LogP contribution in [0.3, 0.4) is 0 Å². The number of aliphatic hydroxyl groups is 1. The molecule has 1 saturated heterocycles. The molecule has 1 fully saturated rings. The third-order valence-electron chi connectivity index (χ3n) is 5.90. The lowest BCUT2D eigenvalue weighted by Gasteiger charge is -2.24. The van der Waals surface area contributed by atoms with Crippen molar-refractivity contribution in [1.29, 1.82) is 0 Å². The highest BCUT2D eigenvalue weighted by atomic mass is 32.2. The predicted octanol–water partition coefficient (Wildman–Crippen LogP) is 5.24. The Morgan fingerprint density at radius 1 is 1.05 bits per heavy atom. The van der Waals surface area contributed by atoms with E-state index < -0.39 is 48.9 Å². The molecule has 0 radical (unpaired) electrons. The zero-order chi connectivity index (χ0) is 28.0. The van der Waals surface area contributed by atoms with E-state index in [0.29, 0.717) is 0 Å². The van der Waals surface area contributed by atoms with Crippen LogP contribution >= 0.6 is 19.4 Å². The second kappa shape index (κ2) is 12.7. The van der Waals surface area contributed by atoms with Crippen molar-refractivity contribution in [3.63, 3.8) is 0 Å². The molecule has 38 heavy (non-hydrogen) atoms. The lowest BCUT2D eigenvalue weighted by atomic mass is 10.0. The van der Waals surface area contributed by atoms with Gasteiger partial charge in [0.05, 0.1) is 6.04 Å². The molecule has 3 rings (SSSR count). The molecule has 1 aliphatic heterocycles. The van der Waals surface area contributed by atoms with Crippen LogP contribution in [0.15, 0.2) is 72.8 Å². The quantitative estimate of drug-likeness (QED) is 0.171. The van der Waals surface area contributed by atoms with Crippen LogP contribution in [0.25, 0.3) is 0 Å². The van der Waals surface area contributed by atoms with E-state index in [2.05, 4.69) is 0 Å². The second-order valence-corrected chi connectivity index (χ2v) is 12.2. The van der Waals surface area contributed by atoms with Crippen LogP contribution in [0, 0.1) is 0 Å². The Morgan fingerprint density at radius 3 is 2.26 bits per heavy atom. The van der Waals surface area contributed by atoms with Gasteiger partial charge in [-0.1, -0.05) is 84.6 Å². The normalized spacial score (nSPS) is 18.0. The van der Waals surface area contributed by atoms with Crippen LogP contribution < -0.4 is 0 Å². The Balaban J connectivity index is 1.71. The van der Waals surface area contributed by atoms with Crippen molar-refractivity contribution in [2.24, 2.45) is 0 Å². The average Bonchev–Trinajstić information content (AvgIpc) is 3.16. The molecule has 7 nitrogen and oxygen atoms in total. The zero-order valence-corrected chi connectivity index (χ0v) is 22.0. The number of alkyl halides is 4. The van der Waals surface area contributed by atoms with E-state index in [9.17, 15) is 32.0 Å². The van der Waals surface area contributed by atoms with Crippen molar-refractivity contribution in [3.05, 3.63) is 83.9 Å². The summed E-state index contributed by atoms with van der Waals surface area (Å²) in [4.78, 5) is 33.5. The van der Waals surface area contributed by atoms with Crippen LogP contribution in [-0.2, 0) is 17.0 Å². The van der Waals surface area contributed by atoms with Gasteiger partial charge in [-0.05, 0) is 12.0 Å². The van der Waals surface area contributed by atoms with E-state index in [0.717, 1.165) is 11.6 Å². The van der Waals surface area contributed by atoms with Crippen LogP contribution in [0.5, 0.6) is 0 Å². The maximum absolute atomic E-state index is 14.7. The number of amides is 2. The number of aliphatic hydroxyl groups excluding tert-OH is 1. The predicted molar refractivity (Wildman–Crippen MR) is 137 cm³/mol. The number of hydrogen-bond donors (Lipinski definition) is 3. The van der Waals surface area contributed by atoms with Gasteiger partial charge in [0.15, 0.2) is 0 Å². The maximum atomic E-state index is 14.7. The number of halogens is 4. The fourth-order valence-corrected chi connectivity index (χ4v) is 5.70. The summed E-state index contributed by atoms with van der Waals surface area (Å²) in [5, 5.41) is 6.81.